The molecule has 0 spiro atoms. The standard InChI is InChI=1S/C13H15F3N2OS/c1-7-3-2-4-8(7)11(19)10-12(13(14,15)16)20-9-5-17-6-18(9)10/h5-8,11,19H,2-4H2,1H3. The van der Waals surface area contributed by atoms with Crippen molar-refractivity contribution in [1.29, 1.82) is 0 Å². The second-order valence-electron chi connectivity index (χ2n) is 5.43. The van der Waals surface area contributed by atoms with Crippen molar-refractivity contribution < 1.29 is 18.3 Å². The molecule has 0 aromatic carbocycles. The second kappa shape index (κ2) is 4.73. The minimum atomic E-state index is -4.44. The predicted octanol–water partition coefficient (Wildman–Crippen LogP) is 3.88. The molecule has 3 nitrogen and oxygen atoms in total. The summed E-state index contributed by atoms with van der Waals surface area (Å²) in [4.78, 5) is 3.58. The molecular formula is C13H15F3N2OS. The Kier molecular flexibility index (Phi) is 3.29. The van der Waals surface area contributed by atoms with Gasteiger partial charge in [-0.2, -0.15) is 13.2 Å². The highest BCUT2D eigenvalue weighted by atomic mass is 32.1. The van der Waals surface area contributed by atoms with Gasteiger partial charge < -0.3 is 5.11 Å². The number of aliphatic hydroxyl groups is 1. The molecule has 3 unspecified atom stereocenters. The van der Waals surface area contributed by atoms with E-state index in [1.807, 2.05) is 6.92 Å². The van der Waals surface area contributed by atoms with Gasteiger partial charge in [0.25, 0.3) is 0 Å². The SMILES string of the molecule is CC1CCCC1C(O)c1c(C(F)(F)F)sc2cncn12. The molecule has 0 amide bonds. The summed E-state index contributed by atoms with van der Waals surface area (Å²) in [6.07, 6.45) is -0.102. The molecule has 1 aliphatic carbocycles. The van der Waals surface area contributed by atoms with Gasteiger partial charge in [0.05, 0.1) is 18.0 Å². The fourth-order valence-corrected chi connectivity index (χ4v) is 4.14. The lowest BCUT2D eigenvalue weighted by atomic mass is 9.90. The molecule has 2 aromatic heterocycles. The number of hydrogen-bond acceptors (Lipinski definition) is 3. The Morgan fingerprint density at radius 3 is 2.80 bits per heavy atom. The van der Waals surface area contributed by atoms with Crippen molar-refractivity contribution in [2.75, 3.05) is 0 Å². The van der Waals surface area contributed by atoms with Gasteiger partial charge in [-0.15, -0.1) is 11.3 Å². The Bertz CT molecular complexity index is 619. The fourth-order valence-electron chi connectivity index (χ4n) is 3.13. The summed E-state index contributed by atoms with van der Waals surface area (Å²) in [5.41, 5.74) is -0.0475. The molecule has 0 saturated heterocycles. The molecule has 0 radical (unpaired) electrons. The van der Waals surface area contributed by atoms with E-state index in [1.165, 1.54) is 16.9 Å². The summed E-state index contributed by atoms with van der Waals surface area (Å²) in [5, 5.41) is 10.5. The molecule has 20 heavy (non-hydrogen) atoms. The van der Waals surface area contributed by atoms with Gasteiger partial charge in [0.15, 0.2) is 0 Å². The third-order valence-electron chi connectivity index (χ3n) is 4.17. The number of fused-ring (bicyclic) bond motifs is 1. The highest BCUT2D eigenvalue weighted by Gasteiger charge is 2.42. The van der Waals surface area contributed by atoms with Crippen molar-refractivity contribution in [1.82, 2.24) is 9.38 Å². The molecule has 2 aromatic rings. The summed E-state index contributed by atoms with van der Waals surface area (Å²) >= 11 is 0.641. The lowest BCUT2D eigenvalue weighted by Crippen LogP contribution is -2.20. The number of aliphatic hydroxyl groups excluding tert-OH is 1. The Morgan fingerprint density at radius 1 is 1.45 bits per heavy atom. The second-order valence-corrected chi connectivity index (χ2v) is 6.46. The number of rotatable bonds is 2. The summed E-state index contributed by atoms with van der Waals surface area (Å²) in [7, 11) is 0. The monoisotopic (exact) mass is 304 g/mol. The quantitative estimate of drug-likeness (QED) is 0.914. The Morgan fingerprint density at radius 2 is 2.20 bits per heavy atom. The van der Waals surface area contributed by atoms with E-state index < -0.39 is 17.2 Å². The Balaban J connectivity index is 2.10. The molecule has 0 aliphatic heterocycles. The third-order valence-corrected chi connectivity index (χ3v) is 5.33. The number of thiazole rings is 1. The predicted molar refractivity (Wildman–Crippen MR) is 69.5 cm³/mol. The van der Waals surface area contributed by atoms with Crippen molar-refractivity contribution in [2.45, 2.75) is 38.5 Å². The molecular weight excluding hydrogens is 289 g/mol. The first-order valence-corrected chi connectivity index (χ1v) is 7.41. The maximum absolute atomic E-state index is 13.2. The molecule has 1 aliphatic rings. The first-order valence-electron chi connectivity index (χ1n) is 6.59. The minimum absolute atomic E-state index is 0.0475. The molecule has 3 atom stereocenters. The summed E-state index contributed by atoms with van der Waals surface area (Å²) in [6.45, 7) is 1.99. The van der Waals surface area contributed by atoms with Crippen molar-refractivity contribution >= 4 is 16.2 Å². The van der Waals surface area contributed by atoms with E-state index in [1.54, 1.807) is 0 Å². The van der Waals surface area contributed by atoms with Crippen LogP contribution in [0.2, 0.25) is 0 Å². The topological polar surface area (TPSA) is 37.5 Å². The molecule has 3 rings (SSSR count). The molecule has 0 bridgehead atoms. The average Bonchev–Trinajstić information content (AvgIpc) is 2.99. The summed E-state index contributed by atoms with van der Waals surface area (Å²) < 4.78 is 40.9. The molecule has 1 saturated carbocycles. The highest BCUT2D eigenvalue weighted by Crippen LogP contribution is 2.46. The highest BCUT2D eigenvalue weighted by molar-refractivity contribution is 7.17. The van der Waals surface area contributed by atoms with Crippen molar-refractivity contribution in [3.05, 3.63) is 23.1 Å². The number of nitrogens with zero attached hydrogens (tertiary/aromatic N) is 2. The number of hydrogen-bond donors (Lipinski definition) is 1. The van der Waals surface area contributed by atoms with Crippen molar-refractivity contribution in [3.8, 4) is 0 Å². The van der Waals surface area contributed by atoms with Crippen LogP contribution < -0.4 is 0 Å². The smallest absolute Gasteiger partial charge is 0.387 e. The normalized spacial score (nSPS) is 25.4. The van der Waals surface area contributed by atoms with E-state index in [2.05, 4.69) is 4.98 Å². The maximum atomic E-state index is 13.2. The fraction of sp³-hybridized carbons (Fsp3) is 0.615. The van der Waals surface area contributed by atoms with Crippen LogP contribution >= 0.6 is 11.3 Å². The van der Waals surface area contributed by atoms with Crippen molar-refractivity contribution in [3.63, 3.8) is 0 Å². The van der Waals surface area contributed by atoms with Crippen LogP contribution in [0.25, 0.3) is 4.83 Å². The van der Waals surface area contributed by atoms with Gasteiger partial charge in [-0.3, -0.25) is 4.40 Å². The van der Waals surface area contributed by atoms with Crippen LogP contribution in [0.5, 0.6) is 0 Å². The first kappa shape index (κ1) is 13.9. The van der Waals surface area contributed by atoms with Gasteiger partial charge in [0.1, 0.15) is 16.0 Å². The maximum Gasteiger partial charge on any atom is 0.427 e. The Labute approximate surface area is 118 Å². The molecule has 7 heteroatoms. The van der Waals surface area contributed by atoms with Crippen LogP contribution in [0.3, 0.4) is 0 Å². The zero-order valence-electron chi connectivity index (χ0n) is 10.9. The van der Waals surface area contributed by atoms with Gasteiger partial charge in [-0.05, 0) is 18.3 Å². The van der Waals surface area contributed by atoms with Crippen LogP contribution in [-0.2, 0) is 6.18 Å². The lowest BCUT2D eigenvalue weighted by Gasteiger charge is -2.23. The van der Waals surface area contributed by atoms with Crippen LogP contribution in [0.4, 0.5) is 13.2 Å². The van der Waals surface area contributed by atoms with Crippen molar-refractivity contribution in [2.24, 2.45) is 11.8 Å². The van der Waals surface area contributed by atoms with E-state index >= 15 is 0 Å². The molecule has 110 valence electrons. The number of halogens is 3. The molecule has 1 N–H and O–H groups in total. The van der Waals surface area contributed by atoms with Gasteiger partial charge in [0.2, 0.25) is 0 Å². The number of aromatic nitrogens is 2. The summed E-state index contributed by atoms with van der Waals surface area (Å²) in [6, 6.07) is 0. The lowest BCUT2D eigenvalue weighted by molar-refractivity contribution is -0.136. The van der Waals surface area contributed by atoms with E-state index in [4.69, 9.17) is 0 Å². The molecule has 2 heterocycles. The average molecular weight is 304 g/mol. The van der Waals surface area contributed by atoms with Gasteiger partial charge in [-0.1, -0.05) is 19.8 Å². The summed E-state index contributed by atoms with van der Waals surface area (Å²) in [5.74, 6) is 0.126. The van der Waals surface area contributed by atoms with E-state index in [-0.39, 0.29) is 17.5 Å². The zero-order chi connectivity index (χ0) is 14.5. The third kappa shape index (κ3) is 2.13. The van der Waals surface area contributed by atoms with Gasteiger partial charge in [0, 0.05) is 0 Å². The van der Waals surface area contributed by atoms with E-state index in [9.17, 15) is 18.3 Å². The first-order chi connectivity index (χ1) is 9.39. The van der Waals surface area contributed by atoms with Gasteiger partial charge in [-0.25, -0.2) is 4.98 Å². The molecule has 1 fully saturated rings. The van der Waals surface area contributed by atoms with Crippen LogP contribution in [0, 0.1) is 11.8 Å². The van der Waals surface area contributed by atoms with Crippen LogP contribution in [0.15, 0.2) is 12.5 Å². The van der Waals surface area contributed by atoms with E-state index in [0.717, 1.165) is 19.3 Å². The number of alkyl halides is 3. The zero-order valence-corrected chi connectivity index (χ0v) is 11.7. The van der Waals surface area contributed by atoms with Gasteiger partial charge >= 0.3 is 6.18 Å². The number of imidazole rings is 1. The minimum Gasteiger partial charge on any atom is -0.387 e. The largest absolute Gasteiger partial charge is 0.427 e. The van der Waals surface area contributed by atoms with Crippen LogP contribution in [0.1, 0.15) is 42.9 Å². The van der Waals surface area contributed by atoms with E-state index in [0.29, 0.717) is 16.2 Å². The Hall–Kier alpha value is -1.08. The van der Waals surface area contributed by atoms with Crippen LogP contribution in [-0.4, -0.2) is 14.5 Å².